The monoisotopic (exact) mass is 237 g/mol. The average molecular weight is 237 g/mol. The quantitative estimate of drug-likeness (QED) is 0.861. The van der Waals surface area contributed by atoms with Crippen molar-refractivity contribution in [3.8, 4) is 0 Å². The third-order valence-electron chi connectivity index (χ3n) is 2.80. The highest BCUT2D eigenvalue weighted by atomic mass is 19.3. The molecule has 0 unspecified atom stereocenters. The number of fused-ring (bicyclic) bond motifs is 1. The topological polar surface area (TPSA) is 46.2 Å². The van der Waals surface area contributed by atoms with Crippen molar-refractivity contribution < 1.29 is 13.9 Å². The fourth-order valence-corrected chi connectivity index (χ4v) is 1.74. The Morgan fingerprint density at radius 2 is 1.76 bits per heavy atom. The first-order chi connectivity index (χ1) is 8.04. The Morgan fingerprint density at radius 3 is 2.41 bits per heavy atom. The molecule has 0 bridgehead atoms. The zero-order chi connectivity index (χ0) is 12.5. The van der Waals surface area contributed by atoms with Crippen LogP contribution in [0.5, 0.6) is 0 Å². The van der Waals surface area contributed by atoms with Crippen molar-refractivity contribution in [1.82, 2.24) is 0 Å². The van der Waals surface area contributed by atoms with Crippen LogP contribution in [0.2, 0.25) is 0 Å². The molecule has 0 aliphatic heterocycles. The van der Waals surface area contributed by atoms with Crippen molar-refractivity contribution in [3.63, 3.8) is 0 Å². The third kappa shape index (κ3) is 2.28. The molecule has 3 N–H and O–H groups in total. The predicted octanol–water partition coefficient (Wildman–Crippen LogP) is 2.47. The van der Waals surface area contributed by atoms with Gasteiger partial charge in [-0.15, -0.1) is 0 Å². The maximum atomic E-state index is 13.3. The molecule has 1 atom stereocenters. The Balaban J connectivity index is 2.43. The molecule has 0 aliphatic rings. The summed E-state index contributed by atoms with van der Waals surface area (Å²) in [5, 5.41) is 10.4. The van der Waals surface area contributed by atoms with E-state index in [0.717, 1.165) is 10.8 Å². The van der Waals surface area contributed by atoms with Crippen LogP contribution in [-0.2, 0) is 0 Å². The molecule has 0 spiro atoms. The summed E-state index contributed by atoms with van der Waals surface area (Å²) in [7, 11) is 0. The minimum Gasteiger partial charge on any atom is -0.390 e. The van der Waals surface area contributed by atoms with Crippen LogP contribution in [0.4, 0.5) is 8.78 Å². The van der Waals surface area contributed by atoms with E-state index in [-0.39, 0.29) is 0 Å². The molecule has 0 radical (unpaired) electrons. The van der Waals surface area contributed by atoms with E-state index >= 15 is 0 Å². The highest BCUT2D eigenvalue weighted by Gasteiger charge is 2.37. The Kier molecular flexibility index (Phi) is 3.09. The molecule has 0 aliphatic carbocycles. The van der Waals surface area contributed by atoms with Gasteiger partial charge in [0.25, 0.3) is 5.92 Å². The normalized spacial score (nSPS) is 13.9. The van der Waals surface area contributed by atoms with Crippen LogP contribution in [0.3, 0.4) is 0 Å². The highest BCUT2D eigenvalue weighted by Crippen LogP contribution is 2.30. The van der Waals surface area contributed by atoms with Crippen molar-refractivity contribution in [2.75, 3.05) is 6.61 Å². The van der Waals surface area contributed by atoms with Crippen LogP contribution in [0.15, 0.2) is 42.5 Å². The van der Waals surface area contributed by atoms with Gasteiger partial charge in [0, 0.05) is 0 Å². The van der Waals surface area contributed by atoms with Crippen LogP contribution in [0, 0.1) is 0 Å². The van der Waals surface area contributed by atoms with Crippen LogP contribution in [0.1, 0.15) is 11.6 Å². The summed E-state index contributed by atoms with van der Waals surface area (Å²) >= 11 is 0. The van der Waals surface area contributed by atoms with E-state index in [0.29, 0.717) is 5.56 Å². The summed E-state index contributed by atoms with van der Waals surface area (Å²) in [4.78, 5) is 0. The smallest absolute Gasteiger partial charge is 0.289 e. The van der Waals surface area contributed by atoms with Gasteiger partial charge in [0.15, 0.2) is 0 Å². The van der Waals surface area contributed by atoms with Gasteiger partial charge in [-0.1, -0.05) is 36.4 Å². The predicted molar refractivity (Wildman–Crippen MR) is 62.9 cm³/mol. The number of rotatable bonds is 3. The van der Waals surface area contributed by atoms with Gasteiger partial charge in [-0.05, 0) is 22.4 Å². The van der Waals surface area contributed by atoms with E-state index in [4.69, 9.17) is 10.8 Å². The molecular formula is C13H13F2NO. The maximum Gasteiger partial charge on any atom is 0.289 e. The van der Waals surface area contributed by atoms with Gasteiger partial charge in [0.05, 0.1) is 6.04 Å². The van der Waals surface area contributed by atoms with E-state index in [1.54, 1.807) is 18.2 Å². The van der Waals surface area contributed by atoms with Gasteiger partial charge in [0.1, 0.15) is 6.61 Å². The number of aliphatic hydroxyl groups excluding tert-OH is 1. The van der Waals surface area contributed by atoms with Gasteiger partial charge in [-0.3, -0.25) is 0 Å². The molecule has 90 valence electrons. The molecule has 0 saturated carbocycles. The number of nitrogens with two attached hydrogens (primary N) is 1. The number of alkyl halides is 2. The Morgan fingerprint density at radius 1 is 1.12 bits per heavy atom. The SMILES string of the molecule is N[C@H](c1ccc2ccccc2c1)C(F)(F)CO. The summed E-state index contributed by atoms with van der Waals surface area (Å²) in [5.41, 5.74) is 5.79. The lowest BCUT2D eigenvalue weighted by Crippen LogP contribution is -2.36. The van der Waals surface area contributed by atoms with Crippen molar-refractivity contribution in [1.29, 1.82) is 0 Å². The average Bonchev–Trinajstić information content (AvgIpc) is 2.37. The molecular weight excluding hydrogens is 224 g/mol. The van der Waals surface area contributed by atoms with E-state index in [2.05, 4.69) is 0 Å². The minimum absolute atomic E-state index is 0.322. The number of hydrogen-bond donors (Lipinski definition) is 2. The lowest BCUT2D eigenvalue weighted by molar-refractivity contribution is -0.0711. The molecule has 0 amide bonds. The molecule has 2 nitrogen and oxygen atoms in total. The Hall–Kier alpha value is -1.52. The first-order valence-corrected chi connectivity index (χ1v) is 5.27. The minimum atomic E-state index is -3.30. The van der Waals surface area contributed by atoms with E-state index in [9.17, 15) is 8.78 Å². The van der Waals surface area contributed by atoms with Crippen LogP contribution in [0.25, 0.3) is 10.8 Å². The van der Waals surface area contributed by atoms with Crippen LogP contribution < -0.4 is 5.73 Å². The second-order valence-corrected chi connectivity index (χ2v) is 4.00. The fourth-order valence-electron chi connectivity index (χ4n) is 1.74. The fraction of sp³-hybridized carbons (Fsp3) is 0.231. The molecule has 4 heteroatoms. The lowest BCUT2D eigenvalue weighted by atomic mass is 9.98. The second-order valence-electron chi connectivity index (χ2n) is 4.00. The zero-order valence-electron chi connectivity index (χ0n) is 9.11. The van der Waals surface area contributed by atoms with Gasteiger partial charge in [-0.25, -0.2) is 8.78 Å². The number of aliphatic hydroxyl groups is 1. The lowest BCUT2D eigenvalue weighted by Gasteiger charge is -2.21. The van der Waals surface area contributed by atoms with E-state index in [1.807, 2.05) is 24.3 Å². The molecule has 2 aromatic carbocycles. The first-order valence-electron chi connectivity index (χ1n) is 5.27. The Labute approximate surface area is 97.7 Å². The largest absolute Gasteiger partial charge is 0.390 e. The summed E-state index contributed by atoms with van der Waals surface area (Å²) in [6.07, 6.45) is 0. The van der Waals surface area contributed by atoms with Gasteiger partial charge >= 0.3 is 0 Å². The van der Waals surface area contributed by atoms with Gasteiger partial charge in [-0.2, -0.15) is 0 Å². The summed E-state index contributed by atoms with van der Waals surface area (Å²) < 4.78 is 26.5. The van der Waals surface area contributed by atoms with Gasteiger partial charge < -0.3 is 10.8 Å². The highest BCUT2D eigenvalue weighted by molar-refractivity contribution is 5.83. The molecule has 0 fully saturated rings. The Bertz CT molecular complexity index is 528. The molecule has 17 heavy (non-hydrogen) atoms. The van der Waals surface area contributed by atoms with E-state index < -0.39 is 18.6 Å². The van der Waals surface area contributed by atoms with Crippen molar-refractivity contribution in [2.45, 2.75) is 12.0 Å². The molecule has 0 heterocycles. The summed E-state index contributed by atoms with van der Waals surface area (Å²) in [6.45, 7) is -1.25. The van der Waals surface area contributed by atoms with Crippen LogP contribution >= 0.6 is 0 Å². The van der Waals surface area contributed by atoms with Crippen molar-refractivity contribution in [2.24, 2.45) is 5.73 Å². The second kappa shape index (κ2) is 4.39. The summed E-state index contributed by atoms with van der Waals surface area (Å²) in [5.74, 6) is -3.30. The number of hydrogen-bond acceptors (Lipinski definition) is 2. The standard InChI is InChI=1S/C13H13F2NO/c14-13(15,8-17)12(16)11-6-5-9-3-1-2-4-10(9)7-11/h1-7,12,17H,8,16H2/t12-/m1/s1. The van der Waals surface area contributed by atoms with E-state index in [1.165, 1.54) is 0 Å². The molecule has 0 saturated heterocycles. The molecule has 2 rings (SSSR count). The number of halogens is 2. The van der Waals surface area contributed by atoms with Crippen molar-refractivity contribution in [3.05, 3.63) is 48.0 Å². The van der Waals surface area contributed by atoms with Crippen molar-refractivity contribution >= 4 is 10.8 Å². The first kappa shape index (κ1) is 12.0. The third-order valence-corrected chi connectivity index (χ3v) is 2.80. The van der Waals surface area contributed by atoms with Crippen LogP contribution in [-0.4, -0.2) is 17.6 Å². The number of benzene rings is 2. The zero-order valence-corrected chi connectivity index (χ0v) is 9.11. The molecule has 0 aromatic heterocycles. The summed E-state index contributed by atoms with van der Waals surface area (Å²) in [6, 6.07) is 10.9. The molecule has 2 aromatic rings. The maximum absolute atomic E-state index is 13.3. The van der Waals surface area contributed by atoms with Gasteiger partial charge in [0.2, 0.25) is 0 Å².